The smallest absolute Gasteiger partial charge is 0.0300 e. The van der Waals surface area contributed by atoms with Gasteiger partial charge in [-0.05, 0) is 36.6 Å². The third kappa shape index (κ3) is 2.91. The molecule has 2 atom stereocenters. The van der Waals surface area contributed by atoms with Gasteiger partial charge in [-0.2, -0.15) is 0 Å². The Morgan fingerprint density at radius 2 is 1.72 bits per heavy atom. The lowest BCUT2D eigenvalue weighted by atomic mass is 9.99. The van der Waals surface area contributed by atoms with Crippen LogP contribution in [-0.4, -0.2) is 6.04 Å². The SMILES string of the molecule is CCCC(C)NC(C)c1cccc2ccccc12. The van der Waals surface area contributed by atoms with Gasteiger partial charge in [0.15, 0.2) is 0 Å². The molecule has 2 unspecified atom stereocenters. The van der Waals surface area contributed by atoms with E-state index in [1.807, 2.05) is 0 Å². The largest absolute Gasteiger partial charge is 0.308 e. The fraction of sp³-hybridized carbons (Fsp3) is 0.412. The molecule has 2 aromatic rings. The third-order valence-electron chi connectivity index (χ3n) is 3.55. The molecule has 0 radical (unpaired) electrons. The minimum atomic E-state index is 0.401. The van der Waals surface area contributed by atoms with E-state index in [-0.39, 0.29) is 0 Å². The van der Waals surface area contributed by atoms with Crippen molar-refractivity contribution in [2.75, 3.05) is 0 Å². The molecule has 0 saturated carbocycles. The van der Waals surface area contributed by atoms with E-state index in [4.69, 9.17) is 0 Å². The summed E-state index contributed by atoms with van der Waals surface area (Å²) in [6.45, 7) is 6.76. The molecule has 96 valence electrons. The summed E-state index contributed by atoms with van der Waals surface area (Å²) in [5, 5.41) is 6.38. The first-order valence-electron chi connectivity index (χ1n) is 6.96. The van der Waals surface area contributed by atoms with Gasteiger partial charge >= 0.3 is 0 Å². The summed E-state index contributed by atoms with van der Waals surface area (Å²) < 4.78 is 0. The maximum absolute atomic E-state index is 3.69. The molecule has 1 N–H and O–H groups in total. The van der Waals surface area contributed by atoms with E-state index < -0.39 is 0 Å². The summed E-state index contributed by atoms with van der Waals surface area (Å²) in [7, 11) is 0. The second kappa shape index (κ2) is 6.01. The fourth-order valence-electron chi connectivity index (χ4n) is 2.66. The van der Waals surface area contributed by atoms with Gasteiger partial charge in [-0.3, -0.25) is 0 Å². The topological polar surface area (TPSA) is 12.0 Å². The van der Waals surface area contributed by atoms with Gasteiger partial charge in [-0.1, -0.05) is 55.8 Å². The molecule has 0 aromatic heterocycles. The third-order valence-corrected chi connectivity index (χ3v) is 3.55. The highest BCUT2D eigenvalue weighted by Crippen LogP contribution is 2.24. The molecule has 0 heterocycles. The Labute approximate surface area is 110 Å². The molecule has 2 rings (SSSR count). The first-order valence-corrected chi connectivity index (χ1v) is 6.96. The van der Waals surface area contributed by atoms with Crippen molar-refractivity contribution in [2.24, 2.45) is 0 Å². The van der Waals surface area contributed by atoms with Crippen LogP contribution in [-0.2, 0) is 0 Å². The van der Waals surface area contributed by atoms with Crippen molar-refractivity contribution in [3.8, 4) is 0 Å². The molecule has 2 aromatic carbocycles. The number of rotatable bonds is 5. The van der Waals surface area contributed by atoms with E-state index >= 15 is 0 Å². The van der Waals surface area contributed by atoms with Crippen LogP contribution < -0.4 is 5.32 Å². The molecule has 0 spiro atoms. The van der Waals surface area contributed by atoms with Crippen LogP contribution >= 0.6 is 0 Å². The maximum Gasteiger partial charge on any atom is 0.0300 e. The van der Waals surface area contributed by atoms with E-state index in [1.165, 1.54) is 29.2 Å². The summed E-state index contributed by atoms with van der Waals surface area (Å²) in [4.78, 5) is 0. The monoisotopic (exact) mass is 241 g/mol. The van der Waals surface area contributed by atoms with Crippen molar-refractivity contribution >= 4 is 10.8 Å². The molecule has 0 aliphatic rings. The molecular formula is C17H23N. The first-order chi connectivity index (χ1) is 8.72. The Morgan fingerprint density at radius 1 is 1.00 bits per heavy atom. The summed E-state index contributed by atoms with van der Waals surface area (Å²) in [6, 6.07) is 16.2. The van der Waals surface area contributed by atoms with Crippen LogP contribution in [0.15, 0.2) is 42.5 Å². The Kier molecular flexibility index (Phi) is 4.38. The predicted octanol–water partition coefficient (Wildman–Crippen LogP) is 4.68. The zero-order valence-corrected chi connectivity index (χ0v) is 11.6. The number of hydrogen-bond acceptors (Lipinski definition) is 1. The van der Waals surface area contributed by atoms with Gasteiger partial charge in [0.2, 0.25) is 0 Å². The van der Waals surface area contributed by atoms with Crippen molar-refractivity contribution in [2.45, 2.75) is 45.7 Å². The number of hydrogen-bond donors (Lipinski definition) is 1. The number of fused-ring (bicyclic) bond motifs is 1. The van der Waals surface area contributed by atoms with Gasteiger partial charge < -0.3 is 5.32 Å². The summed E-state index contributed by atoms with van der Waals surface area (Å²) in [5.41, 5.74) is 1.40. The van der Waals surface area contributed by atoms with Gasteiger partial charge in [0.05, 0.1) is 0 Å². The summed E-state index contributed by atoms with van der Waals surface area (Å²) >= 11 is 0. The normalized spacial score (nSPS) is 14.6. The van der Waals surface area contributed by atoms with Crippen LogP contribution in [0.2, 0.25) is 0 Å². The molecule has 0 saturated heterocycles. The van der Waals surface area contributed by atoms with E-state index in [9.17, 15) is 0 Å². The van der Waals surface area contributed by atoms with Crippen LogP contribution in [0.4, 0.5) is 0 Å². The van der Waals surface area contributed by atoms with Gasteiger partial charge in [0.1, 0.15) is 0 Å². The highest BCUT2D eigenvalue weighted by atomic mass is 14.9. The van der Waals surface area contributed by atoms with Crippen molar-refractivity contribution < 1.29 is 0 Å². The average molecular weight is 241 g/mol. The Bertz CT molecular complexity index is 498. The molecular weight excluding hydrogens is 218 g/mol. The van der Waals surface area contributed by atoms with Crippen molar-refractivity contribution in [1.29, 1.82) is 0 Å². The minimum Gasteiger partial charge on any atom is -0.308 e. The molecule has 1 nitrogen and oxygen atoms in total. The lowest BCUT2D eigenvalue weighted by Crippen LogP contribution is -2.28. The van der Waals surface area contributed by atoms with Crippen LogP contribution in [0.3, 0.4) is 0 Å². The first kappa shape index (κ1) is 13.1. The molecule has 1 heteroatoms. The van der Waals surface area contributed by atoms with Crippen molar-refractivity contribution in [3.63, 3.8) is 0 Å². The van der Waals surface area contributed by atoms with E-state index in [0.29, 0.717) is 12.1 Å². The van der Waals surface area contributed by atoms with Crippen molar-refractivity contribution in [3.05, 3.63) is 48.0 Å². The fourth-order valence-corrected chi connectivity index (χ4v) is 2.66. The highest BCUT2D eigenvalue weighted by molar-refractivity contribution is 5.86. The van der Waals surface area contributed by atoms with Crippen molar-refractivity contribution in [1.82, 2.24) is 5.32 Å². The van der Waals surface area contributed by atoms with E-state index in [1.54, 1.807) is 0 Å². The second-order valence-electron chi connectivity index (χ2n) is 5.15. The van der Waals surface area contributed by atoms with Crippen LogP contribution in [0, 0.1) is 0 Å². The van der Waals surface area contributed by atoms with E-state index in [2.05, 4.69) is 68.6 Å². The van der Waals surface area contributed by atoms with Crippen LogP contribution in [0.1, 0.15) is 45.2 Å². The van der Waals surface area contributed by atoms with Gasteiger partial charge in [0.25, 0.3) is 0 Å². The quantitative estimate of drug-likeness (QED) is 0.801. The highest BCUT2D eigenvalue weighted by Gasteiger charge is 2.11. The summed E-state index contributed by atoms with van der Waals surface area (Å²) in [6.07, 6.45) is 2.46. The standard InChI is InChI=1S/C17H23N/c1-4-8-13(2)18-14(3)16-12-7-10-15-9-5-6-11-17(15)16/h5-7,9-14,18H,4,8H2,1-3H3. The Hall–Kier alpha value is -1.34. The average Bonchev–Trinajstić information content (AvgIpc) is 2.38. The number of nitrogens with one attached hydrogen (secondary N) is 1. The number of benzene rings is 2. The lowest BCUT2D eigenvalue weighted by molar-refractivity contribution is 0.454. The molecule has 0 aliphatic heterocycles. The second-order valence-corrected chi connectivity index (χ2v) is 5.15. The zero-order valence-electron chi connectivity index (χ0n) is 11.6. The van der Waals surface area contributed by atoms with Gasteiger partial charge in [-0.25, -0.2) is 0 Å². The maximum atomic E-state index is 3.69. The van der Waals surface area contributed by atoms with Gasteiger partial charge in [0, 0.05) is 12.1 Å². The minimum absolute atomic E-state index is 0.401. The summed E-state index contributed by atoms with van der Waals surface area (Å²) in [5.74, 6) is 0. The van der Waals surface area contributed by atoms with Gasteiger partial charge in [-0.15, -0.1) is 0 Å². The zero-order chi connectivity index (χ0) is 13.0. The molecule has 0 aliphatic carbocycles. The van der Waals surface area contributed by atoms with Crippen LogP contribution in [0.25, 0.3) is 10.8 Å². The lowest BCUT2D eigenvalue weighted by Gasteiger charge is -2.21. The Balaban J connectivity index is 2.24. The molecule has 0 bridgehead atoms. The molecule has 0 fully saturated rings. The van der Waals surface area contributed by atoms with E-state index in [0.717, 1.165) is 0 Å². The molecule has 0 amide bonds. The van der Waals surface area contributed by atoms with Crippen LogP contribution in [0.5, 0.6) is 0 Å². The Morgan fingerprint density at radius 3 is 2.50 bits per heavy atom. The molecule has 18 heavy (non-hydrogen) atoms. The predicted molar refractivity (Wildman–Crippen MR) is 79.9 cm³/mol.